The fraction of sp³-hybridized carbons (Fsp3) is 0.750. The summed E-state index contributed by atoms with van der Waals surface area (Å²) in [4.78, 5) is 12.1. The van der Waals surface area contributed by atoms with E-state index in [1.807, 2.05) is 0 Å². The van der Waals surface area contributed by atoms with Crippen molar-refractivity contribution in [3.63, 3.8) is 0 Å². The lowest BCUT2D eigenvalue weighted by Gasteiger charge is -1.91. The van der Waals surface area contributed by atoms with Gasteiger partial charge in [0.05, 0.1) is 6.61 Å². The monoisotopic (exact) mass is 129 g/mol. The molecule has 0 amide bonds. The van der Waals surface area contributed by atoms with E-state index in [1.165, 1.54) is 0 Å². The summed E-state index contributed by atoms with van der Waals surface area (Å²) in [6, 6.07) is 0. The normalized spacial score (nSPS) is 8.00. The summed E-state index contributed by atoms with van der Waals surface area (Å²) in [7, 11) is 0. The minimum absolute atomic E-state index is 0.0704. The highest BCUT2D eigenvalue weighted by atomic mass is 16.5. The Morgan fingerprint density at radius 3 is 3.11 bits per heavy atom. The molecule has 0 heterocycles. The molecule has 0 N–H and O–H groups in total. The van der Waals surface area contributed by atoms with Gasteiger partial charge in [0.1, 0.15) is 12.9 Å². The van der Waals surface area contributed by atoms with Crippen LogP contribution in [0.25, 0.3) is 10.4 Å². The van der Waals surface area contributed by atoms with Crippen LogP contribution in [0, 0.1) is 0 Å². The molecule has 0 rings (SSSR count). The van der Waals surface area contributed by atoms with Gasteiger partial charge < -0.3 is 9.53 Å². The van der Waals surface area contributed by atoms with Gasteiger partial charge in [-0.1, -0.05) is 5.11 Å². The Labute approximate surface area is 52.2 Å². The van der Waals surface area contributed by atoms with Crippen molar-refractivity contribution >= 4 is 6.29 Å². The molecule has 0 fully saturated rings. The van der Waals surface area contributed by atoms with Crippen molar-refractivity contribution in [2.75, 3.05) is 19.8 Å². The summed E-state index contributed by atoms with van der Waals surface area (Å²) >= 11 is 0. The Morgan fingerprint density at radius 2 is 2.56 bits per heavy atom. The summed E-state index contributed by atoms with van der Waals surface area (Å²) in [5, 5.41) is 3.18. The number of hydrogen-bond donors (Lipinski definition) is 0. The van der Waals surface area contributed by atoms with Gasteiger partial charge in [0.2, 0.25) is 0 Å². The fourth-order valence-corrected chi connectivity index (χ4v) is 0.282. The minimum Gasteiger partial charge on any atom is -0.374 e. The maximum absolute atomic E-state index is 9.61. The van der Waals surface area contributed by atoms with Crippen LogP contribution in [0.4, 0.5) is 0 Å². The number of ether oxygens (including phenoxy) is 1. The smallest absolute Gasteiger partial charge is 0.145 e. The lowest BCUT2D eigenvalue weighted by atomic mass is 10.7. The first-order valence-corrected chi connectivity index (χ1v) is 2.44. The molecule has 0 aliphatic carbocycles. The zero-order valence-electron chi connectivity index (χ0n) is 4.86. The molecule has 0 atom stereocenters. The first kappa shape index (κ1) is 7.94. The van der Waals surface area contributed by atoms with E-state index in [0.29, 0.717) is 12.9 Å². The number of nitrogens with zero attached hydrogens (tertiary/aromatic N) is 3. The van der Waals surface area contributed by atoms with Gasteiger partial charge in [-0.25, -0.2) is 0 Å². The highest BCUT2D eigenvalue weighted by Crippen LogP contribution is 1.73. The van der Waals surface area contributed by atoms with Crippen LogP contribution in [0.1, 0.15) is 0 Å². The van der Waals surface area contributed by atoms with Crippen molar-refractivity contribution in [3.8, 4) is 0 Å². The predicted molar refractivity (Wildman–Crippen MR) is 30.9 cm³/mol. The van der Waals surface area contributed by atoms with Gasteiger partial charge in [-0.2, -0.15) is 0 Å². The Hall–Kier alpha value is -1.06. The van der Waals surface area contributed by atoms with Crippen LogP contribution >= 0.6 is 0 Å². The molecule has 0 aromatic rings. The fourth-order valence-electron chi connectivity index (χ4n) is 0.282. The molecule has 0 unspecified atom stereocenters. The van der Waals surface area contributed by atoms with Crippen molar-refractivity contribution in [3.05, 3.63) is 10.4 Å². The molecule has 0 radical (unpaired) electrons. The first-order valence-electron chi connectivity index (χ1n) is 2.44. The topological polar surface area (TPSA) is 75.1 Å². The molecule has 0 saturated heterocycles. The molecule has 0 aliphatic heterocycles. The van der Waals surface area contributed by atoms with Crippen LogP contribution in [-0.2, 0) is 9.53 Å². The van der Waals surface area contributed by atoms with E-state index in [0.717, 1.165) is 0 Å². The molecule has 0 aliphatic rings. The molecule has 50 valence electrons. The average Bonchev–Trinajstić information content (AvgIpc) is 1.89. The standard InChI is InChI=1S/C4H7N3O2/c5-7-6-1-3-9-4-2-8/h2H,1,3-4H2. The predicted octanol–water partition coefficient (Wildman–Crippen LogP) is 0.512. The Balaban J connectivity index is 2.90. The number of hydrogen-bond acceptors (Lipinski definition) is 3. The van der Waals surface area contributed by atoms with Gasteiger partial charge in [-0.15, -0.1) is 0 Å². The van der Waals surface area contributed by atoms with Gasteiger partial charge in [-0.3, -0.25) is 0 Å². The summed E-state index contributed by atoms with van der Waals surface area (Å²) in [5.74, 6) is 0. The molecule has 0 bridgehead atoms. The number of carbonyl (C=O) groups excluding carboxylic acids is 1. The molecule has 0 spiro atoms. The molecule has 0 aromatic carbocycles. The summed E-state index contributed by atoms with van der Waals surface area (Å²) in [5.41, 5.74) is 7.76. The maximum Gasteiger partial charge on any atom is 0.145 e. The third-order valence-electron chi connectivity index (χ3n) is 0.585. The van der Waals surface area contributed by atoms with E-state index in [-0.39, 0.29) is 13.2 Å². The summed E-state index contributed by atoms with van der Waals surface area (Å²) in [6.07, 6.45) is 0.649. The van der Waals surface area contributed by atoms with Gasteiger partial charge in [0.15, 0.2) is 0 Å². The minimum atomic E-state index is 0.0704. The highest BCUT2D eigenvalue weighted by molar-refractivity contribution is 5.50. The number of azide groups is 1. The molecule has 5 nitrogen and oxygen atoms in total. The third-order valence-corrected chi connectivity index (χ3v) is 0.585. The largest absolute Gasteiger partial charge is 0.374 e. The number of carbonyl (C=O) groups is 1. The Kier molecular flexibility index (Phi) is 6.12. The van der Waals surface area contributed by atoms with Crippen molar-refractivity contribution in [2.45, 2.75) is 0 Å². The summed E-state index contributed by atoms with van der Waals surface area (Å²) in [6.45, 7) is 0.661. The Morgan fingerprint density at radius 1 is 1.78 bits per heavy atom. The third kappa shape index (κ3) is 6.94. The summed E-state index contributed by atoms with van der Waals surface area (Å²) < 4.78 is 4.65. The van der Waals surface area contributed by atoms with Crippen molar-refractivity contribution < 1.29 is 9.53 Å². The second-order valence-corrected chi connectivity index (χ2v) is 1.20. The van der Waals surface area contributed by atoms with E-state index in [2.05, 4.69) is 14.8 Å². The molecule has 0 saturated carbocycles. The van der Waals surface area contributed by atoms with Crippen LogP contribution in [-0.4, -0.2) is 26.0 Å². The van der Waals surface area contributed by atoms with Crippen LogP contribution < -0.4 is 0 Å². The van der Waals surface area contributed by atoms with E-state index < -0.39 is 0 Å². The molecular weight excluding hydrogens is 122 g/mol. The quantitative estimate of drug-likeness (QED) is 0.178. The van der Waals surface area contributed by atoms with E-state index in [4.69, 9.17) is 5.53 Å². The van der Waals surface area contributed by atoms with Crippen LogP contribution in [0.5, 0.6) is 0 Å². The second-order valence-electron chi connectivity index (χ2n) is 1.20. The van der Waals surface area contributed by atoms with Gasteiger partial charge in [-0.05, 0) is 5.53 Å². The molecule has 5 heteroatoms. The van der Waals surface area contributed by atoms with Gasteiger partial charge in [0.25, 0.3) is 0 Å². The van der Waals surface area contributed by atoms with Gasteiger partial charge in [0, 0.05) is 11.5 Å². The highest BCUT2D eigenvalue weighted by Gasteiger charge is 1.81. The van der Waals surface area contributed by atoms with E-state index in [9.17, 15) is 4.79 Å². The number of rotatable bonds is 5. The Bertz CT molecular complexity index is 119. The van der Waals surface area contributed by atoms with Crippen LogP contribution in [0.2, 0.25) is 0 Å². The number of aldehydes is 1. The first-order chi connectivity index (χ1) is 4.41. The molecule has 0 aromatic heterocycles. The van der Waals surface area contributed by atoms with Crippen molar-refractivity contribution in [1.82, 2.24) is 0 Å². The van der Waals surface area contributed by atoms with Crippen LogP contribution in [0.15, 0.2) is 5.11 Å². The molecular formula is C4H7N3O2. The van der Waals surface area contributed by atoms with Gasteiger partial charge >= 0.3 is 0 Å². The lowest BCUT2D eigenvalue weighted by Crippen LogP contribution is -1.99. The zero-order chi connectivity index (χ0) is 6.95. The average molecular weight is 129 g/mol. The van der Waals surface area contributed by atoms with E-state index >= 15 is 0 Å². The van der Waals surface area contributed by atoms with Crippen molar-refractivity contribution in [1.29, 1.82) is 0 Å². The molecule has 9 heavy (non-hydrogen) atoms. The second kappa shape index (κ2) is 6.94. The zero-order valence-corrected chi connectivity index (χ0v) is 4.86. The van der Waals surface area contributed by atoms with Crippen molar-refractivity contribution in [2.24, 2.45) is 5.11 Å². The van der Waals surface area contributed by atoms with Crippen LogP contribution in [0.3, 0.4) is 0 Å². The van der Waals surface area contributed by atoms with E-state index in [1.54, 1.807) is 0 Å². The SMILES string of the molecule is [N-]=[N+]=NCCOCC=O. The lowest BCUT2D eigenvalue weighted by molar-refractivity contribution is -0.111. The maximum atomic E-state index is 9.61.